The van der Waals surface area contributed by atoms with Crippen LogP contribution in [-0.4, -0.2) is 16.2 Å². The normalized spacial score (nSPS) is 10.7. The quantitative estimate of drug-likeness (QED) is 0.740. The molecule has 0 saturated carbocycles. The molecule has 2 N–H and O–H groups in total. The standard InChI is InChI=1S/C15H10O3S/c16-13-5-4-10(8-12(13)15(17)18)11-3-1-2-9-6-7-19-14(9)11/h1-8,16H,(H,17,18). The lowest BCUT2D eigenvalue weighted by atomic mass is 10.0. The van der Waals surface area contributed by atoms with E-state index in [4.69, 9.17) is 5.11 Å². The van der Waals surface area contributed by atoms with Crippen LogP contribution in [0.4, 0.5) is 0 Å². The number of hydrogen-bond acceptors (Lipinski definition) is 3. The van der Waals surface area contributed by atoms with Gasteiger partial charge >= 0.3 is 5.97 Å². The van der Waals surface area contributed by atoms with Crippen molar-refractivity contribution >= 4 is 27.4 Å². The van der Waals surface area contributed by atoms with Crippen LogP contribution in [0.5, 0.6) is 5.75 Å². The number of carboxylic acids is 1. The average Bonchev–Trinajstić information content (AvgIpc) is 2.87. The number of phenols is 1. The van der Waals surface area contributed by atoms with Gasteiger partial charge in [0.05, 0.1) is 0 Å². The van der Waals surface area contributed by atoms with Crippen LogP contribution in [0.15, 0.2) is 47.8 Å². The van der Waals surface area contributed by atoms with Crippen molar-refractivity contribution in [1.82, 2.24) is 0 Å². The van der Waals surface area contributed by atoms with Crippen LogP contribution in [0.3, 0.4) is 0 Å². The van der Waals surface area contributed by atoms with Gasteiger partial charge in [0, 0.05) is 4.70 Å². The number of hydrogen-bond donors (Lipinski definition) is 2. The number of carbonyl (C=O) groups is 1. The second-order valence-electron chi connectivity index (χ2n) is 4.18. The molecule has 0 aliphatic heterocycles. The largest absolute Gasteiger partial charge is 0.507 e. The third-order valence-electron chi connectivity index (χ3n) is 3.02. The molecule has 0 bridgehead atoms. The van der Waals surface area contributed by atoms with Gasteiger partial charge in [-0.25, -0.2) is 4.79 Å². The molecular weight excluding hydrogens is 260 g/mol. The predicted octanol–water partition coefficient (Wildman–Crippen LogP) is 3.97. The van der Waals surface area contributed by atoms with E-state index in [1.807, 2.05) is 29.6 Å². The molecule has 3 rings (SSSR count). The minimum absolute atomic E-state index is 0.0777. The number of benzene rings is 2. The summed E-state index contributed by atoms with van der Waals surface area (Å²) < 4.78 is 1.12. The highest BCUT2D eigenvalue weighted by Gasteiger charge is 2.12. The number of thiophene rings is 1. The van der Waals surface area contributed by atoms with Gasteiger partial charge in [0.2, 0.25) is 0 Å². The lowest BCUT2D eigenvalue weighted by Gasteiger charge is -2.06. The van der Waals surface area contributed by atoms with Crippen LogP contribution < -0.4 is 0 Å². The minimum atomic E-state index is -1.13. The maximum absolute atomic E-state index is 11.1. The summed E-state index contributed by atoms with van der Waals surface area (Å²) in [6.07, 6.45) is 0. The van der Waals surface area contributed by atoms with Crippen LogP contribution in [0.25, 0.3) is 21.2 Å². The van der Waals surface area contributed by atoms with Gasteiger partial charge in [0.25, 0.3) is 0 Å². The van der Waals surface area contributed by atoms with E-state index < -0.39 is 5.97 Å². The summed E-state index contributed by atoms with van der Waals surface area (Å²) in [4.78, 5) is 11.1. The van der Waals surface area contributed by atoms with Crippen LogP contribution in [0.2, 0.25) is 0 Å². The number of rotatable bonds is 2. The third kappa shape index (κ3) is 1.96. The number of fused-ring (bicyclic) bond motifs is 1. The summed E-state index contributed by atoms with van der Waals surface area (Å²) >= 11 is 1.62. The van der Waals surface area contributed by atoms with Crippen LogP contribution in [-0.2, 0) is 0 Å². The second-order valence-corrected chi connectivity index (χ2v) is 5.10. The van der Waals surface area contributed by atoms with Crippen molar-refractivity contribution in [2.24, 2.45) is 0 Å². The van der Waals surface area contributed by atoms with Gasteiger partial charge in [-0.1, -0.05) is 24.3 Å². The van der Waals surface area contributed by atoms with E-state index in [-0.39, 0.29) is 11.3 Å². The summed E-state index contributed by atoms with van der Waals surface area (Å²) in [6, 6.07) is 12.6. The molecule has 4 heteroatoms. The Morgan fingerprint density at radius 1 is 1.11 bits per heavy atom. The molecule has 3 aromatic rings. The molecule has 2 aromatic carbocycles. The van der Waals surface area contributed by atoms with Crippen molar-refractivity contribution in [2.45, 2.75) is 0 Å². The van der Waals surface area contributed by atoms with Gasteiger partial charge in [-0.15, -0.1) is 11.3 Å². The van der Waals surface area contributed by atoms with Crippen molar-refractivity contribution in [3.8, 4) is 16.9 Å². The average molecular weight is 270 g/mol. The smallest absolute Gasteiger partial charge is 0.339 e. The summed E-state index contributed by atoms with van der Waals surface area (Å²) in [5, 5.41) is 21.7. The Bertz CT molecular complexity index is 774. The number of aromatic hydroxyl groups is 1. The first kappa shape index (κ1) is 11.7. The molecule has 0 aliphatic rings. The van der Waals surface area contributed by atoms with Crippen LogP contribution >= 0.6 is 11.3 Å². The minimum Gasteiger partial charge on any atom is -0.507 e. The molecule has 0 spiro atoms. The lowest BCUT2D eigenvalue weighted by Crippen LogP contribution is -1.97. The SMILES string of the molecule is O=C(O)c1cc(-c2cccc3ccsc23)ccc1O. The van der Waals surface area contributed by atoms with Crippen molar-refractivity contribution in [2.75, 3.05) is 0 Å². The van der Waals surface area contributed by atoms with Crippen LogP contribution in [0, 0.1) is 0 Å². The third-order valence-corrected chi connectivity index (χ3v) is 3.98. The highest BCUT2D eigenvalue weighted by Crippen LogP contribution is 2.34. The first-order valence-corrected chi connectivity index (χ1v) is 6.57. The fourth-order valence-corrected chi connectivity index (χ4v) is 3.03. The molecule has 0 fully saturated rings. The molecular formula is C15H10O3S. The van der Waals surface area contributed by atoms with E-state index in [2.05, 4.69) is 0 Å². The van der Waals surface area contributed by atoms with Crippen LogP contribution in [0.1, 0.15) is 10.4 Å². The Labute approximate surface area is 113 Å². The molecule has 3 nitrogen and oxygen atoms in total. The molecule has 0 atom stereocenters. The monoisotopic (exact) mass is 270 g/mol. The van der Waals surface area contributed by atoms with E-state index in [0.29, 0.717) is 0 Å². The topological polar surface area (TPSA) is 57.5 Å². The molecule has 19 heavy (non-hydrogen) atoms. The summed E-state index contributed by atoms with van der Waals surface area (Å²) in [5.41, 5.74) is 1.70. The Balaban J connectivity index is 2.24. The molecule has 0 unspecified atom stereocenters. The zero-order valence-electron chi connectivity index (χ0n) is 9.83. The first-order chi connectivity index (χ1) is 9.16. The molecule has 94 valence electrons. The zero-order valence-corrected chi connectivity index (χ0v) is 10.6. The van der Waals surface area contributed by atoms with E-state index >= 15 is 0 Å². The second kappa shape index (κ2) is 4.40. The Hall–Kier alpha value is -2.33. The van der Waals surface area contributed by atoms with Crippen molar-refractivity contribution in [1.29, 1.82) is 0 Å². The van der Waals surface area contributed by atoms with Crippen molar-refractivity contribution < 1.29 is 15.0 Å². The predicted molar refractivity (Wildman–Crippen MR) is 75.9 cm³/mol. The highest BCUT2D eigenvalue weighted by molar-refractivity contribution is 7.17. The maximum atomic E-state index is 11.1. The fourth-order valence-electron chi connectivity index (χ4n) is 2.10. The molecule has 0 amide bonds. The number of aromatic carboxylic acids is 1. The highest BCUT2D eigenvalue weighted by atomic mass is 32.1. The van der Waals surface area contributed by atoms with Gasteiger partial charge in [-0.05, 0) is 40.1 Å². The molecule has 0 saturated heterocycles. The maximum Gasteiger partial charge on any atom is 0.339 e. The van der Waals surface area contributed by atoms with Gasteiger partial charge in [0.15, 0.2) is 0 Å². The van der Waals surface area contributed by atoms with Gasteiger partial charge in [0.1, 0.15) is 11.3 Å². The van der Waals surface area contributed by atoms with E-state index in [1.165, 1.54) is 12.1 Å². The van der Waals surface area contributed by atoms with E-state index in [1.54, 1.807) is 17.4 Å². The number of carboxylic acid groups (broad SMARTS) is 1. The van der Waals surface area contributed by atoms with Gasteiger partial charge in [-0.3, -0.25) is 0 Å². The Kier molecular flexibility index (Phi) is 2.72. The van der Waals surface area contributed by atoms with Crippen molar-refractivity contribution in [3.05, 3.63) is 53.4 Å². The molecule has 0 radical (unpaired) electrons. The zero-order chi connectivity index (χ0) is 13.4. The molecule has 1 heterocycles. The fraction of sp³-hybridized carbons (Fsp3) is 0. The lowest BCUT2D eigenvalue weighted by molar-refractivity contribution is 0.0694. The summed E-state index contributed by atoms with van der Waals surface area (Å²) in [5.74, 6) is -1.34. The van der Waals surface area contributed by atoms with Gasteiger partial charge < -0.3 is 10.2 Å². The Morgan fingerprint density at radius 2 is 1.95 bits per heavy atom. The molecule has 1 aromatic heterocycles. The van der Waals surface area contributed by atoms with E-state index in [0.717, 1.165) is 21.2 Å². The van der Waals surface area contributed by atoms with E-state index in [9.17, 15) is 9.90 Å². The Morgan fingerprint density at radius 3 is 2.74 bits per heavy atom. The van der Waals surface area contributed by atoms with Gasteiger partial charge in [-0.2, -0.15) is 0 Å². The first-order valence-electron chi connectivity index (χ1n) is 5.70. The summed E-state index contributed by atoms with van der Waals surface area (Å²) in [6.45, 7) is 0. The van der Waals surface area contributed by atoms with Crippen molar-refractivity contribution in [3.63, 3.8) is 0 Å². The molecule has 0 aliphatic carbocycles. The summed E-state index contributed by atoms with van der Waals surface area (Å²) in [7, 11) is 0.